The van der Waals surface area contributed by atoms with Crippen molar-refractivity contribution in [2.24, 2.45) is 4.30 Å². The number of ether oxygens (including phenoxy) is 4. The molecule has 0 saturated carbocycles. The minimum absolute atomic E-state index is 0. The number of aliphatic hydroxyl groups excluding tert-OH is 1. The molecule has 11 heterocycles. The molecule has 0 amide bonds. The number of hydrogen-bond acceptors (Lipinski definition) is 41. The van der Waals surface area contributed by atoms with Gasteiger partial charge in [0.25, 0.3) is 5.56 Å². The molecule has 41 nitrogen and oxygen atoms in total. The summed E-state index contributed by atoms with van der Waals surface area (Å²) in [7, 11) is 18.3. The van der Waals surface area contributed by atoms with Crippen molar-refractivity contribution in [3.63, 3.8) is 0 Å². The van der Waals surface area contributed by atoms with Crippen LogP contribution >= 0.6 is 76.5 Å². The van der Waals surface area contributed by atoms with E-state index in [1.54, 1.807) is 113 Å². The van der Waals surface area contributed by atoms with Crippen LogP contribution in [0.2, 0.25) is 0 Å². The number of thiol groups is 1. The third kappa shape index (κ3) is 34.0. The van der Waals surface area contributed by atoms with Gasteiger partial charge in [-0.25, -0.2) is 99.7 Å². The van der Waals surface area contributed by atoms with Gasteiger partial charge in [0.05, 0.1) is 88.4 Å². The van der Waals surface area contributed by atoms with Crippen LogP contribution in [0.3, 0.4) is 0 Å². The average molecular weight is 1820 g/mol. The zero-order chi connectivity index (χ0) is 82.0. The fraction of sp³-hybridized carbons (Fsp3) is 0.200. The maximum atomic E-state index is 12.1. The predicted octanol–water partition coefficient (Wildman–Crippen LogP) is 7.02. The summed E-state index contributed by atoms with van der Waals surface area (Å²) in [4.78, 5) is 147. The first-order chi connectivity index (χ1) is 52.4. The number of aromatic nitrogens is 22. The molecule has 0 atom stereocenters. The number of hydrogen-bond donors (Lipinski definition) is 9. The van der Waals surface area contributed by atoms with Crippen molar-refractivity contribution in [2.75, 3.05) is 98.1 Å². The van der Waals surface area contributed by atoms with Crippen LogP contribution < -0.4 is 58.9 Å². The summed E-state index contributed by atoms with van der Waals surface area (Å²) >= 11 is 15.8. The zero-order valence-corrected chi connectivity index (χ0v) is 67.2. The van der Waals surface area contributed by atoms with Crippen LogP contribution in [0.15, 0.2) is 157 Å². The van der Waals surface area contributed by atoms with Crippen LogP contribution in [0.5, 0.6) is 23.5 Å². The van der Waals surface area contributed by atoms with Crippen molar-refractivity contribution in [1.82, 2.24) is 119 Å². The number of anilines is 6. The van der Waals surface area contributed by atoms with E-state index in [2.05, 4.69) is 198 Å². The van der Waals surface area contributed by atoms with E-state index >= 15 is 0 Å². The van der Waals surface area contributed by atoms with Gasteiger partial charge in [0.15, 0.2) is 44.8 Å². The molecule has 11 rings (SSSR count). The van der Waals surface area contributed by atoms with Crippen LogP contribution in [-0.4, -0.2) is 219 Å². The van der Waals surface area contributed by atoms with E-state index in [9.17, 15) is 24.0 Å². The Morgan fingerprint density at radius 3 is 1.32 bits per heavy atom. The first-order valence-electron chi connectivity index (χ1n) is 30.1. The van der Waals surface area contributed by atoms with Gasteiger partial charge < -0.3 is 73.2 Å². The second kappa shape index (κ2) is 51.8. The third-order valence-electron chi connectivity index (χ3n) is 11.7. The van der Waals surface area contributed by atoms with Crippen molar-refractivity contribution in [3.8, 4) is 69.1 Å². The second-order valence-electron chi connectivity index (χ2n) is 20.0. The van der Waals surface area contributed by atoms with Crippen molar-refractivity contribution in [2.45, 2.75) is 28.7 Å². The molecule has 0 spiro atoms. The SMILES string of the molecule is C.C.CO.COc1ncc(-c2ccnc(N)n2)nc1-c1ccnc(N)n1.COc1ncc(Br)nc1Br.COc1ncc(C(=O)/C=C/N(C)C)nc1C(=O)/C=C/N(C)C.COc1ncc(C(C)=O)nc1C(C)=O.Nc1cnccn1.Nc1ncc(Br)nc1Br.Nc1nccc(-c2c[nH]c(=O)c(-c3ccnc(N)n3)n2)n1.[B]=NS. The normalized spacial score (nSPS) is 9.68. The summed E-state index contributed by atoms with van der Waals surface area (Å²) in [5, 5.41) is 7.00. The maximum absolute atomic E-state index is 12.1. The predicted molar refractivity (Wildman–Crippen MR) is 438 cm³/mol. The molecule has 0 aromatic carbocycles. The van der Waals surface area contributed by atoms with E-state index in [1.165, 1.54) is 96.9 Å². The number of halogens is 4. The molecule has 11 aromatic heterocycles. The molecule has 0 aliphatic heterocycles. The molecule has 0 aliphatic carbocycles. The molecule has 11 aromatic rings. The Hall–Kier alpha value is -12.5. The van der Waals surface area contributed by atoms with E-state index in [4.69, 9.17) is 58.5 Å². The molecule has 0 fully saturated rings. The number of methoxy groups -OCH3 is 4. The van der Waals surface area contributed by atoms with Crippen LogP contribution in [0.4, 0.5) is 35.4 Å². The van der Waals surface area contributed by atoms with Gasteiger partial charge in [0.2, 0.25) is 58.9 Å². The van der Waals surface area contributed by atoms with Gasteiger partial charge in [0, 0.05) is 117 Å². The summed E-state index contributed by atoms with van der Waals surface area (Å²) in [6.07, 6.45) is 25.2. The zero-order valence-electron chi connectivity index (χ0n) is 60.0. The number of aromatic amines is 1. The number of rotatable bonds is 16. The summed E-state index contributed by atoms with van der Waals surface area (Å²) < 4.78 is 25.2. The standard InChI is InChI=1S/C15H20N4O3.C13H12N8O.C12H10N8O.C9H10N2O3.C5H4Br2N2O.C4H3Br2N3.C4H5N3.CH4O.2CH4.BHNS/c1-18(2)8-6-12(20)11-10-16-15(22-5)14(17-11)13(21)7-9-19(3)4;1-22-11-10(8-3-5-17-13(15)21-8)19-9(6-18-11)7-2-4-16-12(14)20-7;13-11-15-3-1-6(19-11)8-5-17-10(21)9(18-8)7-2-4-16-12(14)20-7;1-5(12)7-4-10-9(14-3)8(11-7)6(2)13;1-10-5-4(7)9-3(6)2-8-5;5-2-1-8-4(7)3(6)9-2;5-4-3-6-1-2-7-4;1-2;;;1-2-3/h6-10H,1-5H3;2-6H,1H3,(H2,14,16,20)(H2,15,17,21);1-5H,(H,17,21)(H2,13,15,19)(H2,14,16,20);4H,1-3H3;2H,1H3;1H,(H2,7,8);1-3H,(H2,5,7);2H,1H3;2*1H4;3H/b8-6+,9-7+;;;;;;;;;;. The van der Waals surface area contributed by atoms with Gasteiger partial charge in [-0.2, -0.15) is 0 Å². The van der Waals surface area contributed by atoms with Gasteiger partial charge in [-0.15, -0.1) is 0 Å². The van der Waals surface area contributed by atoms with Gasteiger partial charge in [0.1, 0.15) is 42.4 Å². The van der Waals surface area contributed by atoms with E-state index in [1.807, 2.05) is 0 Å². The first-order valence-corrected chi connectivity index (χ1v) is 33.7. The Labute approximate surface area is 682 Å². The fourth-order valence-electron chi connectivity index (χ4n) is 7.04. The summed E-state index contributed by atoms with van der Waals surface area (Å²) in [5.74, 6) is 1.13. The summed E-state index contributed by atoms with van der Waals surface area (Å²) in [6, 6.07) is 6.53. The number of nitrogen functional groups attached to an aromatic ring is 6. The molecule has 0 aliphatic rings. The Balaban J connectivity index is 0.000000664. The number of carbonyl (C=O) groups excluding carboxylic acids is 4. The van der Waals surface area contributed by atoms with Crippen molar-refractivity contribution >= 4 is 143 Å². The summed E-state index contributed by atoms with van der Waals surface area (Å²) in [5.41, 5.74) is 36.1. The molecule has 14 N–H and O–H groups in total. The topological polar surface area (TPSA) is 604 Å². The van der Waals surface area contributed by atoms with Crippen molar-refractivity contribution < 1.29 is 43.2 Å². The van der Waals surface area contributed by atoms with Crippen molar-refractivity contribution in [3.05, 3.63) is 181 Å². The number of allylic oxidation sites excluding steroid dienone is 2. The number of nitrogens with one attached hydrogen (secondary N) is 1. The average Bonchev–Trinajstić information content (AvgIpc) is 0.818. The molecular weight excluding hydrogens is 1740 g/mol. The van der Waals surface area contributed by atoms with Gasteiger partial charge in [-0.05, 0) is 88.0 Å². The van der Waals surface area contributed by atoms with E-state index in [0.717, 1.165) is 7.11 Å². The number of ketones is 4. The number of Topliss-reactive ketones (excluding diaryl/α,β-unsaturated/α-hetero) is 2. The molecule has 0 unspecified atom stereocenters. The van der Waals surface area contributed by atoms with Crippen molar-refractivity contribution in [1.29, 1.82) is 0 Å². The number of carbonyl (C=O) groups is 4. The fourth-order valence-corrected chi connectivity index (χ4v) is 8.83. The molecule has 589 valence electrons. The Bertz CT molecular complexity index is 4980. The molecule has 47 heteroatoms. The van der Waals surface area contributed by atoms with Crippen LogP contribution in [0.1, 0.15) is 70.7 Å². The van der Waals surface area contributed by atoms with E-state index < -0.39 is 0 Å². The van der Waals surface area contributed by atoms with Crippen LogP contribution in [0, 0.1) is 0 Å². The summed E-state index contributed by atoms with van der Waals surface area (Å²) in [6.45, 7) is 2.71. The number of H-pyrrole nitrogens is 1. The molecular formula is C65H77BBr4N31O10S. The molecule has 1 radical (unpaired) electrons. The monoisotopic (exact) mass is 1810 g/mol. The van der Waals surface area contributed by atoms with Gasteiger partial charge >= 0.3 is 24.8 Å². The molecule has 0 bridgehead atoms. The molecule has 112 heavy (non-hydrogen) atoms. The van der Waals surface area contributed by atoms with E-state index in [-0.39, 0.29) is 108 Å². The molecule has 0 saturated heterocycles. The minimum atomic E-state index is -0.390. The quantitative estimate of drug-likeness (QED) is 0.0203. The van der Waals surface area contributed by atoms with Gasteiger partial charge in [-0.1, -0.05) is 14.9 Å². The van der Waals surface area contributed by atoms with Gasteiger partial charge in [-0.3, -0.25) is 29.0 Å². The first kappa shape index (κ1) is 97.5. The Kier molecular flexibility index (Phi) is 45.1. The second-order valence-corrected chi connectivity index (χ2v) is 23.4. The third-order valence-corrected chi connectivity index (χ3v) is 13.6. The van der Waals surface area contributed by atoms with Crippen LogP contribution in [0.25, 0.3) is 45.6 Å². The number of aliphatic hydroxyl groups is 1. The Morgan fingerprint density at radius 2 is 0.893 bits per heavy atom. The van der Waals surface area contributed by atoms with E-state index in [0.29, 0.717) is 81.7 Å². The number of nitrogens with zero attached hydrogens (tertiary/aromatic N) is 24. The number of nitrogens with two attached hydrogens (primary N) is 6. The Morgan fingerprint density at radius 1 is 0.473 bits per heavy atom. The van der Waals surface area contributed by atoms with Crippen LogP contribution in [-0.2, 0) is 0 Å².